The van der Waals surface area contributed by atoms with E-state index in [1.807, 2.05) is 0 Å². The maximum atomic E-state index is 2.60. The number of nitrogens with zero attached hydrogens (tertiary/aromatic N) is 1. The Balaban J connectivity index is 2.89. The molecule has 72 valence electrons. The van der Waals surface area contributed by atoms with E-state index in [2.05, 4.69) is 61.8 Å². The highest BCUT2D eigenvalue weighted by Gasteiger charge is 2.13. The molecule has 0 aliphatic carbocycles. The van der Waals surface area contributed by atoms with Gasteiger partial charge in [0.2, 0.25) is 0 Å². The summed E-state index contributed by atoms with van der Waals surface area (Å²) in [5.41, 5.74) is 4.70. The summed E-state index contributed by atoms with van der Waals surface area (Å²) in [5, 5.41) is 0. The first-order valence-electron chi connectivity index (χ1n) is 4.96. The van der Waals surface area contributed by atoms with Crippen LogP contribution >= 0.6 is 0 Å². The van der Waals surface area contributed by atoms with Crippen LogP contribution in [0.15, 0.2) is 29.6 Å². The number of hydrogen-bond donors (Lipinski definition) is 0. The Labute approximate surface area is 83.0 Å². The van der Waals surface area contributed by atoms with Crippen molar-refractivity contribution in [3.8, 4) is 0 Å². The molecule has 0 fully saturated rings. The fraction of sp³-hybridized carbons (Fsp3) is 0.545. The summed E-state index contributed by atoms with van der Waals surface area (Å²) in [5.74, 6) is 0. The summed E-state index contributed by atoms with van der Waals surface area (Å²) in [6.07, 6.45) is 0. The Kier molecular flexibility index (Phi) is 3.67. The average Bonchev–Trinajstić information content (AvgIpc) is 2.04. The molecule has 2 heteroatoms. The average molecular weight is 193 g/mol. The van der Waals surface area contributed by atoms with Gasteiger partial charge in [-0.3, -0.25) is 0 Å². The second-order valence-corrected chi connectivity index (χ2v) is 5.96. The van der Waals surface area contributed by atoms with Gasteiger partial charge in [-0.15, -0.1) is 0 Å². The molecule has 1 aromatic rings. The highest BCUT2D eigenvalue weighted by Crippen LogP contribution is 2.03. The highest BCUT2D eigenvalue weighted by molar-refractivity contribution is 6.53. The van der Waals surface area contributed by atoms with Crippen LogP contribution in [0, 0.1) is 0 Å². The zero-order valence-electron chi connectivity index (χ0n) is 8.99. The zero-order chi connectivity index (χ0) is 9.84. The van der Waals surface area contributed by atoms with Gasteiger partial charge in [-0.05, 0) is 27.7 Å². The van der Waals surface area contributed by atoms with Crippen molar-refractivity contribution in [1.82, 2.24) is 0 Å². The normalized spacial score (nSPS) is 10.9. The number of rotatable bonds is 3. The Bertz CT molecular complexity index is 236. The smallest absolute Gasteiger partial charge is 0.153 e. The van der Waals surface area contributed by atoms with Crippen LogP contribution < -0.4 is 4.57 Å². The molecule has 0 saturated carbocycles. The van der Waals surface area contributed by atoms with Crippen LogP contribution in [0.1, 0.15) is 27.7 Å². The molecule has 0 saturated heterocycles. The van der Waals surface area contributed by atoms with Crippen molar-refractivity contribution in [3.05, 3.63) is 29.6 Å². The van der Waals surface area contributed by atoms with Crippen LogP contribution in [0.25, 0.3) is 0 Å². The minimum Gasteiger partial charge on any atom is -0.400 e. The Morgan fingerprint density at radius 2 is 1.31 bits per heavy atom. The molecule has 0 spiro atoms. The molecule has 0 N–H and O–H groups in total. The summed E-state index contributed by atoms with van der Waals surface area (Å²) in [6, 6.07) is 7.73. The minimum atomic E-state index is -0.544. The molecule has 0 aromatic carbocycles. The van der Waals surface area contributed by atoms with Gasteiger partial charge in [0.15, 0.2) is 8.56 Å². The minimum absolute atomic E-state index is 0.544. The fourth-order valence-electron chi connectivity index (χ4n) is 1.79. The van der Waals surface area contributed by atoms with Crippen molar-refractivity contribution in [2.75, 3.05) is 4.57 Å². The van der Waals surface area contributed by atoms with Crippen molar-refractivity contribution < 1.29 is 0 Å². The third kappa shape index (κ3) is 2.66. The van der Waals surface area contributed by atoms with Gasteiger partial charge in [-0.25, -0.2) is 0 Å². The predicted octanol–water partition coefficient (Wildman–Crippen LogP) is 2.47. The molecule has 0 bridgehead atoms. The van der Waals surface area contributed by atoms with E-state index in [1.54, 1.807) is 0 Å². The third-order valence-corrected chi connectivity index (χ3v) is 4.86. The second kappa shape index (κ2) is 4.56. The first-order chi connectivity index (χ1) is 6.13. The molecule has 0 aliphatic heterocycles. The topological polar surface area (TPSA) is 3.24 Å². The van der Waals surface area contributed by atoms with E-state index in [0.717, 1.165) is 0 Å². The lowest BCUT2D eigenvalue weighted by molar-refractivity contribution is 0.640. The van der Waals surface area contributed by atoms with E-state index >= 15 is 0 Å². The van der Waals surface area contributed by atoms with Crippen molar-refractivity contribution in [2.45, 2.75) is 39.8 Å². The summed E-state index contributed by atoms with van der Waals surface area (Å²) in [4.78, 5) is 0. The van der Waals surface area contributed by atoms with Crippen molar-refractivity contribution in [3.63, 3.8) is 0 Å². The van der Waals surface area contributed by atoms with E-state index in [1.165, 1.54) is 0 Å². The molecule has 1 aromatic heterocycles. The van der Waals surface area contributed by atoms with E-state index in [0.29, 0.717) is 12.1 Å². The van der Waals surface area contributed by atoms with Crippen LogP contribution in [-0.4, -0.2) is 20.6 Å². The maximum Gasteiger partial charge on any atom is 0.153 e. The molecule has 0 atom stereocenters. The van der Waals surface area contributed by atoms with E-state index in [9.17, 15) is 0 Å². The van der Waals surface area contributed by atoms with Crippen LogP contribution in [0.5, 0.6) is 0 Å². The van der Waals surface area contributed by atoms with Crippen LogP contribution in [0.3, 0.4) is 0 Å². The van der Waals surface area contributed by atoms with Gasteiger partial charge in [-0.1, -0.05) is 29.6 Å². The van der Waals surface area contributed by atoms with Crippen molar-refractivity contribution in [2.24, 2.45) is 0 Å². The Morgan fingerprint density at radius 1 is 0.846 bits per heavy atom. The highest BCUT2D eigenvalue weighted by atomic mass is 28.2. The zero-order valence-corrected chi connectivity index (χ0v) is 9.99. The fourth-order valence-corrected chi connectivity index (χ4v) is 4.06. The van der Waals surface area contributed by atoms with Gasteiger partial charge in [0.05, 0.1) is 0 Å². The summed E-state index contributed by atoms with van der Waals surface area (Å²) in [6.45, 7) is 9.10. The summed E-state index contributed by atoms with van der Waals surface area (Å²) in [7, 11) is -0.544. The SMILES string of the molecule is CC(C)N(C(C)C)[si]1ccccc1. The quantitative estimate of drug-likeness (QED) is 0.667. The van der Waals surface area contributed by atoms with Gasteiger partial charge in [0, 0.05) is 12.1 Å². The second-order valence-electron chi connectivity index (χ2n) is 3.93. The van der Waals surface area contributed by atoms with Crippen LogP contribution in [0.4, 0.5) is 0 Å². The maximum absolute atomic E-state index is 2.60. The van der Waals surface area contributed by atoms with Gasteiger partial charge in [0.1, 0.15) is 0 Å². The molecule has 1 nitrogen and oxygen atoms in total. The lowest BCUT2D eigenvalue weighted by atomic mass is 10.3. The van der Waals surface area contributed by atoms with Crippen LogP contribution in [-0.2, 0) is 0 Å². The summed E-state index contributed by atoms with van der Waals surface area (Å²) >= 11 is 0. The molecule has 0 amide bonds. The Morgan fingerprint density at radius 3 is 1.69 bits per heavy atom. The molecule has 0 unspecified atom stereocenters. The van der Waals surface area contributed by atoms with E-state index < -0.39 is 8.56 Å². The third-order valence-electron chi connectivity index (χ3n) is 2.17. The molecule has 1 rings (SSSR count). The summed E-state index contributed by atoms with van der Waals surface area (Å²) < 4.78 is 2.60. The predicted molar refractivity (Wildman–Crippen MR) is 60.9 cm³/mol. The van der Waals surface area contributed by atoms with Gasteiger partial charge >= 0.3 is 0 Å². The lowest BCUT2D eigenvalue weighted by Crippen LogP contribution is -2.46. The molecular formula is C11H19NSi. The lowest BCUT2D eigenvalue weighted by Gasteiger charge is -2.33. The molecule has 13 heavy (non-hydrogen) atoms. The van der Waals surface area contributed by atoms with E-state index in [4.69, 9.17) is 0 Å². The van der Waals surface area contributed by atoms with Gasteiger partial charge in [0.25, 0.3) is 0 Å². The standard InChI is InChI=1S/C11H19NSi/c1-10(2)12(11(3)4)13-8-6-5-7-9-13/h5-11H,1-4H3. The first-order valence-corrected chi connectivity index (χ1v) is 6.56. The molecule has 0 radical (unpaired) electrons. The molecule has 1 heterocycles. The van der Waals surface area contributed by atoms with Crippen LogP contribution in [0.2, 0.25) is 0 Å². The van der Waals surface area contributed by atoms with Gasteiger partial charge < -0.3 is 4.57 Å². The van der Waals surface area contributed by atoms with E-state index in [-0.39, 0.29) is 0 Å². The molecule has 0 aliphatic rings. The Hall–Kier alpha value is -0.633. The molecular weight excluding hydrogens is 174 g/mol. The van der Waals surface area contributed by atoms with Gasteiger partial charge in [-0.2, -0.15) is 0 Å². The monoisotopic (exact) mass is 193 g/mol. The number of hydrogen-bond acceptors (Lipinski definition) is 1. The van der Waals surface area contributed by atoms with Crippen molar-refractivity contribution >= 4 is 8.56 Å². The largest absolute Gasteiger partial charge is 0.400 e. The van der Waals surface area contributed by atoms with Crippen molar-refractivity contribution in [1.29, 1.82) is 0 Å². The first kappa shape index (κ1) is 10.4.